The lowest BCUT2D eigenvalue weighted by Gasteiger charge is -2.32. The van der Waals surface area contributed by atoms with Gasteiger partial charge in [0.05, 0.1) is 17.5 Å². The number of benzene rings is 1. The normalized spacial score (nSPS) is 16.1. The van der Waals surface area contributed by atoms with Crippen LogP contribution in [0.5, 0.6) is 0 Å². The molecule has 2 N–H and O–H groups in total. The monoisotopic (exact) mass is 379 g/mol. The zero-order chi connectivity index (χ0) is 17.7. The van der Waals surface area contributed by atoms with Crippen LogP contribution in [0, 0.1) is 5.92 Å². The average Bonchev–Trinajstić information content (AvgIpc) is 2.49. The highest BCUT2D eigenvalue weighted by Crippen LogP contribution is 2.30. The number of amides is 1. The highest BCUT2D eigenvalue weighted by Gasteiger charge is 2.31. The van der Waals surface area contributed by atoms with E-state index in [1.165, 1.54) is 12.1 Å². The molecule has 1 saturated heterocycles. The Kier molecular flexibility index (Phi) is 8.18. The summed E-state index contributed by atoms with van der Waals surface area (Å²) in [5.74, 6) is -0.00669. The van der Waals surface area contributed by atoms with Crippen LogP contribution in [-0.4, -0.2) is 43.5 Å². The number of halogens is 4. The molecule has 4 nitrogen and oxygen atoms in total. The Hall–Kier alpha value is -1.31. The topological polar surface area (TPSA) is 44.4 Å². The predicted octanol–water partition coefficient (Wildman–Crippen LogP) is 2.85. The summed E-state index contributed by atoms with van der Waals surface area (Å²) in [5.41, 5.74) is 0.118. The third-order valence-electron chi connectivity index (χ3n) is 4.50. The number of nitrogens with one attached hydrogen (secondary N) is 2. The lowest BCUT2D eigenvalue weighted by atomic mass is 10.0. The zero-order valence-electron chi connectivity index (χ0n) is 14.4. The number of nitrogens with zero attached hydrogens (tertiary/aromatic N) is 1. The van der Waals surface area contributed by atoms with Crippen LogP contribution in [0.4, 0.5) is 13.2 Å². The van der Waals surface area contributed by atoms with Crippen LogP contribution in [0.3, 0.4) is 0 Å². The van der Waals surface area contributed by atoms with E-state index in [0.717, 1.165) is 30.8 Å². The van der Waals surface area contributed by atoms with Gasteiger partial charge in [0, 0.05) is 19.6 Å². The minimum atomic E-state index is -4.34. The van der Waals surface area contributed by atoms with Crippen molar-refractivity contribution in [3.63, 3.8) is 0 Å². The van der Waals surface area contributed by atoms with Crippen molar-refractivity contribution in [1.29, 1.82) is 0 Å². The van der Waals surface area contributed by atoms with Gasteiger partial charge in [0.2, 0.25) is 5.91 Å². The molecule has 8 heteroatoms. The minimum Gasteiger partial charge on any atom is -0.354 e. The van der Waals surface area contributed by atoms with Crippen molar-refractivity contribution in [2.24, 2.45) is 5.92 Å². The molecule has 142 valence electrons. The van der Waals surface area contributed by atoms with Crippen LogP contribution in [0.2, 0.25) is 0 Å². The number of hydrogen-bond acceptors (Lipinski definition) is 3. The molecular formula is C17H25ClF3N3O. The summed E-state index contributed by atoms with van der Waals surface area (Å²) >= 11 is 0. The van der Waals surface area contributed by atoms with Crippen molar-refractivity contribution in [2.75, 3.05) is 32.7 Å². The summed E-state index contributed by atoms with van der Waals surface area (Å²) in [6.45, 7) is 7.26. The van der Waals surface area contributed by atoms with Gasteiger partial charge in [-0.1, -0.05) is 26.0 Å². The van der Waals surface area contributed by atoms with E-state index >= 15 is 0 Å². The van der Waals surface area contributed by atoms with Crippen LogP contribution in [0.25, 0.3) is 0 Å². The number of likely N-dealkylation sites (N-methyl/N-ethyl adjacent to an activating group) is 1. The molecule has 1 aliphatic rings. The first-order valence-corrected chi connectivity index (χ1v) is 8.26. The van der Waals surface area contributed by atoms with Crippen molar-refractivity contribution >= 4 is 18.3 Å². The highest BCUT2D eigenvalue weighted by molar-refractivity contribution is 5.85. The van der Waals surface area contributed by atoms with Gasteiger partial charge in [-0.05, 0) is 30.8 Å². The van der Waals surface area contributed by atoms with Gasteiger partial charge in [-0.3, -0.25) is 9.69 Å². The Bertz CT molecular complexity index is 543. The standard InChI is InChI=1S/C17H24F3N3O.ClH/c1-3-23(4-2)15(11-22-16(24)13-9-21-10-13)12-5-7-14(8-6-12)17(18,19)20;/h5-8,13,15,21H,3-4,9-11H2,1-2H3,(H,22,24);1H. The van der Waals surface area contributed by atoms with Crippen molar-refractivity contribution in [2.45, 2.75) is 26.1 Å². The van der Waals surface area contributed by atoms with E-state index in [1.54, 1.807) is 0 Å². The molecule has 1 atom stereocenters. The number of carbonyl (C=O) groups is 1. The Morgan fingerprint density at radius 2 is 1.80 bits per heavy atom. The number of rotatable bonds is 7. The summed E-state index contributed by atoms with van der Waals surface area (Å²) in [4.78, 5) is 14.2. The zero-order valence-corrected chi connectivity index (χ0v) is 15.2. The Morgan fingerprint density at radius 3 is 2.20 bits per heavy atom. The molecule has 1 aromatic carbocycles. The van der Waals surface area contributed by atoms with E-state index in [0.29, 0.717) is 19.6 Å². The lowest BCUT2D eigenvalue weighted by molar-refractivity contribution is -0.137. The van der Waals surface area contributed by atoms with E-state index in [2.05, 4.69) is 15.5 Å². The van der Waals surface area contributed by atoms with Gasteiger partial charge in [0.25, 0.3) is 0 Å². The summed E-state index contributed by atoms with van der Waals surface area (Å²) in [5, 5.41) is 5.98. The van der Waals surface area contributed by atoms with Gasteiger partial charge in [-0.2, -0.15) is 13.2 Å². The number of hydrogen-bond donors (Lipinski definition) is 2. The van der Waals surface area contributed by atoms with Crippen molar-refractivity contribution < 1.29 is 18.0 Å². The maximum absolute atomic E-state index is 12.7. The molecule has 1 aromatic rings. The summed E-state index contributed by atoms with van der Waals surface area (Å²) < 4.78 is 38.2. The van der Waals surface area contributed by atoms with Crippen LogP contribution in [0.15, 0.2) is 24.3 Å². The number of carbonyl (C=O) groups excluding carboxylic acids is 1. The van der Waals surface area contributed by atoms with Crippen LogP contribution < -0.4 is 10.6 Å². The maximum Gasteiger partial charge on any atom is 0.416 e. The van der Waals surface area contributed by atoms with Crippen molar-refractivity contribution in [1.82, 2.24) is 15.5 Å². The molecule has 1 fully saturated rings. The molecule has 1 unspecified atom stereocenters. The molecule has 2 rings (SSSR count). The van der Waals surface area contributed by atoms with Crippen LogP contribution >= 0.6 is 12.4 Å². The Morgan fingerprint density at radius 1 is 1.24 bits per heavy atom. The van der Waals surface area contributed by atoms with Gasteiger partial charge in [-0.25, -0.2) is 0 Å². The number of alkyl halides is 3. The Balaban J connectivity index is 0.00000312. The summed E-state index contributed by atoms with van der Waals surface area (Å²) in [6.07, 6.45) is -4.34. The first kappa shape index (κ1) is 21.7. The van der Waals surface area contributed by atoms with E-state index in [9.17, 15) is 18.0 Å². The van der Waals surface area contributed by atoms with Crippen molar-refractivity contribution in [3.05, 3.63) is 35.4 Å². The molecule has 1 aliphatic heterocycles. The van der Waals surface area contributed by atoms with Gasteiger partial charge >= 0.3 is 6.18 Å². The van der Waals surface area contributed by atoms with Crippen LogP contribution in [-0.2, 0) is 11.0 Å². The minimum absolute atomic E-state index is 0. The van der Waals surface area contributed by atoms with Crippen LogP contribution in [0.1, 0.15) is 31.0 Å². The molecule has 1 heterocycles. The summed E-state index contributed by atoms with van der Waals surface area (Å²) in [7, 11) is 0. The molecule has 25 heavy (non-hydrogen) atoms. The molecule has 0 saturated carbocycles. The second-order valence-electron chi connectivity index (χ2n) is 5.96. The van der Waals surface area contributed by atoms with E-state index in [-0.39, 0.29) is 30.3 Å². The van der Waals surface area contributed by atoms with E-state index < -0.39 is 11.7 Å². The largest absolute Gasteiger partial charge is 0.416 e. The SMILES string of the molecule is CCN(CC)C(CNC(=O)C1CNC1)c1ccc(C(F)(F)F)cc1.Cl. The third-order valence-corrected chi connectivity index (χ3v) is 4.50. The average molecular weight is 380 g/mol. The lowest BCUT2D eigenvalue weighted by Crippen LogP contribution is -2.52. The van der Waals surface area contributed by atoms with E-state index in [1.807, 2.05) is 13.8 Å². The molecular weight excluding hydrogens is 355 g/mol. The van der Waals surface area contributed by atoms with Gasteiger partial charge in [0.15, 0.2) is 0 Å². The maximum atomic E-state index is 12.7. The molecule has 0 spiro atoms. The quantitative estimate of drug-likeness (QED) is 0.765. The second kappa shape index (κ2) is 9.40. The first-order valence-electron chi connectivity index (χ1n) is 8.26. The molecule has 0 radical (unpaired) electrons. The second-order valence-corrected chi connectivity index (χ2v) is 5.96. The third kappa shape index (κ3) is 5.59. The van der Waals surface area contributed by atoms with Gasteiger partial charge in [-0.15, -0.1) is 12.4 Å². The molecule has 0 bridgehead atoms. The molecule has 1 amide bonds. The fourth-order valence-corrected chi connectivity index (χ4v) is 2.83. The molecule has 0 aromatic heterocycles. The fraction of sp³-hybridized carbons (Fsp3) is 0.588. The predicted molar refractivity (Wildman–Crippen MR) is 93.7 cm³/mol. The van der Waals surface area contributed by atoms with Crippen molar-refractivity contribution in [3.8, 4) is 0 Å². The fourth-order valence-electron chi connectivity index (χ4n) is 2.83. The highest BCUT2D eigenvalue weighted by atomic mass is 35.5. The smallest absolute Gasteiger partial charge is 0.354 e. The van der Waals surface area contributed by atoms with E-state index in [4.69, 9.17) is 0 Å². The summed E-state index contributed by atoms with van der Waals surface area (Å²) in [6, 6.07) is 5.07. The molecule has 0 aliphatic carbocycles. The Labute approximate surface area is 152 Å². The first-order chi connectivity index (χ1) is 11.4. The van der Waals surface area contributed by atoms with Gasteiger partial charge < -0.3 is 10.6 Å². The van der Waals surface area contributed by atoms with Gasteiger partial charge in [0.1, 0.15) is 0 Å².